The van der Waals surface area contributed by atoms with Crippen LogP contribution in [0.3, 0.4) is 0 Å². The molecule has 2 rings (SSSR count). The van der Waals surface area contributed by atoms with Crippen LogP contribution in [0.4, 0.5) is 0 Å². The highest BCUT2D eigenvalue weighted by Gasteiger charge is 2.61. The first kappa shape index (κ1) is 27.7. The molecule has 0 spiro atoms. The van der Waals surface area contributed by atoms with Gasteiger partial charge >= 0.3 is 17.6 Å². The number of hydrogen-bond donors (Lipinski definition) is 0. The molecule has 2 saturated carbocycles. The van der Waals surface area contributed by atoms with E-state index in [9.17, 15) is 0 Å². The Labute approximate surface area is 194 Å². The Balaban J connectivity index is 2.44. The molecule has 0 aromatic rings. The van der Waals surface area contributed by atoms with Gasteiger partial charge in [-0.05, 0) is 52.1 Å². The molecule has 9 heteroatoms. The minimum Gasteiger partial charge on any atom is -0.434 e. The van der Waals surface area contributed by atoms with Gasteiger partial charge in [0.05, 0.1) is 12.3 Å². The molecule has 0 radical (unpaired) electrons. The molecule has 6 nitrogen and oxygen atoms in total. The van der Waals surface area contributed by atoms with Crippen LogP contribution in [0, 0.1) is 0 Å². The Bertz CT molecular complexity index is 479. The summed E-state index contributed by atoms with van der Waals surface area (Å²) < 4.78 is 38.1. The highest BCUT2D eigenvalue weighted by Crippen LogP contribution is 2.51. The van der Waals surface area contributed by atoms with Crippen molar-refractivity contribution in [2.75, 3.05) is 27.6 Å². The Morgan fingerprint density at radius 2 is 1.19 bits per heavy atom. The van der Waals surface area contributed by atoms with Crippen LogP contribution in [-0.4, -0.2) is 59.6 Å². The summed E-state index contributed by atoms with van der Waals surface area (Å²) in [6, 6.07) is 0. The quantitative estimate of drug-likeness (QED) is 0.291. The topological polar surface area (TPSA) is 55.4 Å². The molecular formula is C22H48O6Si3. The summed E-state index contributed by atoms with van der Waals surface area (Å²) in [4.78, 5) is 0. The van der Waals surface area contributed by atoms with Gasteiger partial charge < -0.3 is 26.2 Å². The average Bonchev–Trinajstić information content (AvgIpc) is 2.81. The summed E-state index contributed by atoms with van der Waals surface area (Å²) in [7, 11) is -3.21. The second-order valence-electron chi connectivity index (χ2n) is 10.00. The lowest BCUT2D eigenvalue weighted by Gasteiger charge is -2.50. The predicted molar refractivity (Wildman–Crippen MR) is 132 cm³/mol. The third-order valence-electron chi connectivity index (χ3n) is 7.11. The fourth-order valence-electron chi connectivity index (χ4n) is 5.19. The molecular weight excluding hydrogens is 444 g/mol. The van der Waals surface area contributed by atoms with E-state index in [0.717, 1.165) is 6.42 Å². The van der Waals surface area contributed by atoms with Crippen molar-refractivity contribution >= 4 is 25.9 Å². The zero-order valence-electron chi connectivity index (χ0n) is 21.2. The number of hydrogen-bond acceptors (Lipinski definition) is 6. The van der Waals surface area contributed by atoms with E-state index < -0.39 is 25.9 Å². The van der Waals surface area contributed by atoms with Crippen LogP contribution in [0.15, 0.2) is 0 Å². The Morgan fingerprint density at radius 3 is 1.58 bits per heavy atom. The van der Waals surface area contributed by atoms with Gasteiger partial charge in [-0.3, -0.25) is 0 Å². The van der Waals surface area contributed by atoms with E-state index in [-0.39, 0.29) is 6.10 Å². The van der Waals surface area contributed by atoms with Crippen molar-refractivity contribution in [2.24, 2.45) is 0 Å². The molecule has 0 aromatic heterocycles. The van der Waals surface area contributed by atoms with Crippen molar-refractivity contribution in [1.29, 1.82) is 0 Å². The van der Waals surface area contributed by atoms with Crippen molar-refractivity contribution in [3.8, 4) is 0 Å². The fraction of sp³-hybridized carbons (Fsp3) is 1.00. The van der Waals surface area contributed by atoms with Crippen molar-refractivity contribution in [3.05, 3.63) is 0 Å². The first-order chi connectivity index (χ1) is 14.8. The van der Waals surface area contributed by atoms with Crippen LogP contribution < -0.4 is 0 Å². The molecule has 1 atom stereocenters. The summed E-state index contributed by atoms with van der Waals surface area (Å²) in [5.74, 6) is 0. The first-order valence-corrected chi connectivity index (χ1v) is 19.2. The van der Waals surface area contributed by atoms with Crippen molar-refractivity contribution in [1.82, 2.24) is 0 Å². The van der Waals surface area contributed by atoms with E-state index in [2.05, 4.69) is 26.9 Å². The molecule has 0 N–H and O–H groups in total. The lowest BCUT2D eigenvalue weighted by atomic mass is 9.99. The first-order valence-electron chi connectivity index (χ1n) is 12.4. The van der Waals surface area contributed by atoms with E-state index >= 15 is 0 Å². The summed E-state index contributed by atoms with van der Waals surface area (Å²) in [5, 5.41) is 0. The van der Waals surface area contributed by atoms with Crippen molar-refractivity contribution in [2.45, 2.75) is 115 Å². The molecule has 2 aliphatic carbocycles. The molecule has 0 aromatic carbocycles. The van der Waals surface area contributed by atoms with Gasteiger partial charge in [-0.1, -0.05) is 45.4 Å². The van der Waals surface area contributed by atoms with E-state index in [1.54, 1.807) is 21.3 Å². The smallest absolute Gasteiger partial charge is 0.434 e. The summed E-state index contributed by atoms with van der Waals surface area (Å²) in [6.07, 6.45) is 14.3. The summed E-state index contributed by atoms with van der Waals surface area (Å²) in [5.41, 5.74) is 0.930. The van der Waals surface area contributed by atoms with Crippen LogP contribution >= 0.6 is 0 Å². The lowest BCUT2D eigenvalue weighted by molar-refractivity contribution is 0.0328. The minimum atomic E-state index is -3.25. The average molecular weight is 493 g/mol. The molecule has 184 valence electrons. The standard InChI is InChI=1S/C22H48O6Si3/c1-8-20(2)26-19-29(6,7)27-30(21-15-11-9-12-16-21,22-17-13-10-14-18-22)28-31(23-3,24-4)25-5/h20-22H,8-19H2,1-7H3. The number of rotatable bonds is 13. The van der Waals surface area contributed by atoms with Gasteiger partial charge in [-0.25, -0.2) is 0 Å². The van der Waals surface area contributed by atoms with Crippen LogP contribution in [0.2, 0.25) is 24.2 Å². The summed E-state index contributed by atoms with van der Waals surface area (Å²) >= 11 is 0. The highest BCUT2D eigenvalue weighted by molar-refractivity contribution is 6.87. The molecule has 0 aliphatic heterocycles. The lowest BCUT2D eigenvalue weighted by Crippen LogP contribution is -2.66. The van der Waals surface area contributed by atoms with Gasteiger partial charge in [0.25, 0.3) is 0 Å². The predicted octanol–water partition coefficient (Wildman–Crippen LogP) is 6.06. The zero-order chi connectivity index (χ0) is 23.0. The zero-order valence-corrected chi connectivity index (χ0v) is 24.2. The molecule has 0 amide bonds. The van der Waals surface area contributed by atoms with E-state index in [4.69, 9.17) is 26.2 Å². The maximum absolute atomic E-state index is 7.39. The fourth-order valence-corrected chi connectivity index (χ4v) is 18.9. The molecule has 2 fully saturated rings. The maximum Gasteiger partial charge on any atom is 0.669 e. The van der Waals surface area contributed by atoms with E-state index in [1.807, 2.05) is 0 Å². The van der Waals surface area contributed by atoms with Gasteiger partial charge in [-0.2, -0.15) is 0 Å². The molecule has 1 unspecified atom stereocenters. The SMILES string of the molecule is CCC(C)OC[Si](C)(C)O[Si](O[Si](OC)(OC)OC)(C1CCCCC1)C1CCCCC1. The summed E-state index contributed by atoms with van der Waals surface area (Å²) in [6.45, 7) is 8.90. The van der Waals surface area contributed by atoms with Crippen molar-refractivity contribution in [3.63, 3.8) is 0 Å². The van der Waals surface area contributed by atoms with Gasteiger partial charge in [0.1, 0.15) is 0 Å². The highest BCUT2D eigenvalue weighted by atomic mass is 28.5. The second-order valence-corrected chi connectivity index (χ2v) is 20.7. The molecule has 0 saturated heterocycles. The van der Waals surface area contributed by atoms with Gasteiger partial charge in [0, 0.05) is 32.4 Å². The van der Waals surface area contributed by atoms with Crippen LogP contribution in [0.5, 0.6) is 0 Å². The van der Waals surface area contributed by atoms with Gasteiger partial charge in [-0.15, -0.1) is 0 Å². The molecule has 2 aliphatic rings. The van der Waals surface area contributed by atoms with Gasteiger partial charge in [0.2, 0.25) is 8.32 Å². The molecule has 0 bridgehead atoms. The normalized spacial score (nSPS) is 21.4. The minimum absolute atomic E-state index is 0.252. The largest absolute Gasteiger partial charge is 0.669 e. The molecule has 31 heavy (non-hydrogen) atoms. The Kier molecular flexibility index (Phi) is 11.4. The third-order valence-corrected chi connectivity index (χ3v) is 18.7. The second kappa shape index (κ2) is 12.8. The van der Waals surface area contributed by atoms with E-state index in [1.165, 1.54) is 64.2 Å². The molecule has 0 heterocycles. The third kappa shape index (κ3) is 7.45. The van der Waals surface area contributed by atoms with Crippen LogP contribution in [-0.2, 0) is 26.2 Å². The monoisotopic (exact) mass is 492 g/mol. The maximum atomic E-state index is 7.39. The van der Waals surface area contributed by atoms with Gasteiger partial charge in [0.15, 0.2) is 0 Å². The van der Waals surface area contributed by atoms with Crippen LogP contribution in [0.25, 0.3) is 0 Å². The van der Waals surface area contributed by atoms with Crippen molar-refractivity contribution < 1.29 is 26.2 Å². The number of ether oxygens (including phenoxy) is 1. The van der Waals surface area contributed by atoms with E-state index in [0.29, 0.717) is 17.3 Å². The Morgan fingerprint density at radius 1 is 0.742 bits per heavy atom. The van der Waals surface area contributed by atoms with Crippen LogP contribution in [0.1, 0.15) is 84.5 Å². The Hall–Kier alpha value is 0.411.